The summed E-state index contributed by atoms with van der Waals surface area (Å²) in [6.45, 7) is 6.74. The molecular formula is C20H24N6O2. The van der Waals surface area contributed by atoms with Crippen molar-refractivity contribution < 1.29 is 9.90 Å². The van der Waals surface area contributed by atoms with E-state index >= 15 is 0 Å². The first-order chi connectivity index (χ1) is 13.5. The maximum absolute atomic E-state index is 12.3. The van der Waals surface area contributed by atoms with E-state index in [1.165, 1.54) is 5.56 Å². The number of hydrogen-bond acceptors (Lipinski definition) is 6. The van der Waals surface area contributed by atoms with Gasteiger partial charge in [-0.2, -0.15) is 5.10 Å². The first kappa shape index (κ1) is 18.5. The highest BCUT2D eigenvalue weighted by Crippen LogP contribution is 2.25. The van der Waals surface area contributed by atoms with Crippen LogP contribution in [-0.4, -0.2) is 55.8 Å². The molecule has 8 heteroatoms. The number of rotatable bonds is 4. The molecule has 0 aliphatic carbocycles. The van der Waals surface area contributed by atoms with Crippen LogP contribution in [-0.2, 0) is 11.3 Å². The third-order valence-corrected chi connectivity index (χ3v) is 5.43. The van der Waals surface area contributed by atoms with E-state index < -0.39 is 0 Å². The van der Waals surface area contributed by atoms with Crippen molar-refractivity contribution in [3.63, 3.8) is 0 Å². The van der Waals surface area contributed by atoms with E-state index in [-0.39, 0.29) is 12.0 Å². The summed E-state index contributed by atoms with van der Waals surface area (Å²) >= 11 is 0. The number of nitrogens with zero attached hydrogens (tertiary/aromatic N) is 4. The number of aliphatic hydroxyl groups excluding tert-OH is 1. The molecule has 0 atom stereocenters. The number of aromatic amines is 1. The van der Waals surface area contributed by atoms with Crippen LogP contribution in [0.4, 0.5) is 0 Å². The Morgan fingerprint density at radius 3 is 2.79 bits per heavy atom. The van der Waals surface area contributed by atoms with Crippen LogP contribution in [0.5, 0.6) is 0 Å². The van der Waals surface area contributed by atoms with Crippen LogP contribution in [0.1, 0.15) is 41.1 Å². The van der Waals surface area contributed by atoms with Gasteiger partial charge in [0.25, 0.3) is 5.91 Å². The molecule has 146 valence electrons. The van der Waals surface area contributed by atoms with Gasteiger partial charge in [-0.1, -0.05) is 0 Å². The van der Waals surface area contributed by atoms with Gasteiger partial charge in [0, 0.05) is 43.4 Å². The molecule has 8 nitrogen and oxygen atoms in total. The molecule has 2 aliphatic rings. The molecule has 0 radical (unpaired) electrons. The van der Waals surface area contributed by atoms with E-state index in [1.807, 2.05) is 6.08 Å². The third kappa shape index (κ3) is 3.61. The highest BCUT2D eigenvalue weighted by atomic mass is 16.3. The van der Waals surface area contributed by atoms with Gasteiger partial charge >= 0.3 is 0 Å². The summed E-state index contributed by atoms with van der Waals surface area (Å²) in [5.41, 5.74) is 8.38. The Labute approximate surface area is 163 Å². The van der Waals surface area contributed by atoms with Crippen LogP contribution in [0.25, 0.3) is 6.08 Å². The fourth-order valence-electron chi connectivity index (χ4n) is 3.73. The standard InChI is InChI=1S/C20H24N6O2/c1-12-16(11-26-7-3-14(27)4-8-26)13(2)23-17(12)9-15-19(24-25-20(15)28)18-10-21-5-6-22-18/h5-6,9-10,14,23,27H,3-4,7-8,11H2,1-2H3,(H,25,28). The third-order valence-electron chi connectivity index (χ3n) is 5.43. The van der Waals surface area contributed by atoms with Crippen LogP contribution in [0.2, 0.25) is 0 Å². The van der Waals surface area contributed by atoms with Crippen molar-refractivity contribution >= 4 is 17.7 Å². The fourth-order valence-corrected chi connectivity index (χ4v) is 3.73. The summed E-state index contributed by atoms with van der Waals surface area (Å²) in [5.74, 6) is -0.251. The van der Waals surface area contributed by atoms with Crippen LogP contribution in [0.3, 0.4) is 0 Å². The van der Waals surface area contributed by atoms with Gasteiger partial charge in [0.15, 0.2) is 0 Å². The van der Waals surface area contributed by atoms with Gasteiger partial charge in [-0.25, -0.2) is 5.43 Å². The van der Waals surface area contributed by atoms with E-state index in [4.69, 9.17) is 0 Å². The van der Waals surface area contributed by atoms with Gasteiger partial charge in [-0.3, -0.25) is 19.7 Å². The summed E-state index contributed by atoms with van der Waals surface area (Å²) in [6.07, 6.45) is 8.05. The number of carbonyl (C=O) groups is 1. The predicted molar refractivity (Wildman–Crippen MR) is 105 cm³/mol. The lowest BCUT2D eigenvalue weighted by molar-refractivity contribution is -0.116. The van der Waals surface area contributed by atoms with E-state index in [1.54, 1.807) is 18.6 Å². The highest BCUT2D eigenvalue weighted by molar-refractivity contribution is 6.32. The number of H-pyrrole nitrogens is 1. The monoisotopic (exact) mass is 380 g/mol. The summed E-state index contributed by atoms with van der Waals surface area (Å²) in [5, 5.41) is 13.8. The molecule has 2 aliphatic heterocycles. The molecule has 28 heavy (non-hydrogen) atoms. The minimum Gasteiger partial charge on any atom is -0.393 e. The molecule has 2 aromatic heterocycles. The molecule has 0 saturated carbocycles. The predicted octanol–water partition coefficient (Wildman–Crippen LogP) is 1.30. The molecular weight excluding hydrogens is 356 g/mol. The van der Waals surface area contributed by atoms with Gasteiger partial charge < -0.3 is 10.1 Å². The summed E-state index contributed by atoms with van der Waals surface area (Å²) in [6, 6.07) is 0. The minimum absolute atomic E-state index is 0.176. The molecule has 0 bridgehead atoms. The number of carbonyl (C=O) groups excluding carboxylic acids is 1. The SMILES string of the molecule is Cc1[nH]c(C=C2C(=O)NN=C2c2cnccn2)c(C)c1CN1CCC(O)CC1. The fraction of sp³-hybridized carbons (Fsp3) is 0.400. The molecule has 2 aromatic rings. The normalized spacial score (nSPS) is 19.9. The Kier molecular flexibility index (Phi) is 5.06. The molecule has 1 saturated heterocycles. The van der Waals surface area contributed by atoms with E-state index in [0.717, 1.165) is 49.4 Å². The molecule has 0 aromatic carbocycles. The number of piperidine rings is 1. The maximum atomic E-state index is 12.3. The average Bonchev–Trinajstić information content (AvgIpc) is 3.19. The van der Waals surface area contributed by atoms with Gasteiger partial charge in [0.05, 0.1) is 17.9 Å². The molecule has 0 spiro atoms. The highest BCUT2D eigenvalue weighted by Gasteiger charge is 2.26. The Bertz CT molecular complexity index is 939. The van der Waals surface area contributed by atoms with E-state index in [0.29, 0.717) is 17.0 Å². The Balaban J connectivity index is 1.61. The number of nitrogens with one attached hydrogen (secondary N) is 2. The van der Waals surface area contributed by atoms with E-state index in [2.05, 4.69) is 44.2 Å². The number of hydrogen-bond donors (Lipinski definition) is 3. The van der Waals surface area contributed by atoms with Crippen LogP contribution < -0.4 is 5.43 Å². The lowest BCUT2D eigenvalue weighted by Crippen LogP contribution is -2.35. The van der Waals surface area contributed by atoms with Gasteiger partial charge in [-0.15, -0.1) is 0 Å². The van der Waals surface area contributed by atoms with Crippen molar-refractivity contribution in [1.82, 2.24) is 25.3 Å². The van der Waals surface area contributed by atoms with Crippen LogP contribution in [0, 0.1) is 13.8 Å². The van der Waals surface area contributed by atoms with Crippen molar-refractivity contribution in [1.29, 1.82) is 0 Å². The second-order valence-electron chi connectivity index (χ2n) is 7.32. The Morgan fingerprint density at radius 2 is 2.07 bits per heavy atom. The summed E-state index contributed by atoms with van der Waals surface area (Å²) in [7, 11) is 0. The van der Waals surface area contributed by atoms with Gasteiger partial charge in [-0.05, 0) is 43.9 Å². The minimum atomic E-state index is -0.251. The maximum Gasteiger partial charge on any atom is 0.273 e. The topological polar surface area (TPSA) is 106 Å². The van der Waals surface area contributed by atoms with Crippen molar-refractivity contribution in [3.8, 4) is 0 Å². The van der Waals surface area contributed by atoms with Gasteiger partial charge in [0.2, 0.25) is 0 Å². The van der Waals surface area contributed by atoms with E-state index in [9.17, 15) is 9.90 Å². The van der Waals surface area contributed by atoms with Crippen LogP contribution in [0.15, 0.2) is 29.3 Å². The van der Waals surface area contributed by atoms with Crippen molar-refractivity contribution in [2.45, 2.75) is 39.3 Å². The average molecular weight is 380 g/mol. The quantitative estimate of drug-likeness (QED) is 0.693. The Morgan fingerprint density at radius 1 is 1.29 bits per heavy atom. The first-order valence-corrected chi connectivity index (χ1v) is 9.48. The van der Waals surface area contributed by atoms with Crippen molar-refractivity contribution in [2.75, 3.05) is 13.1 Å². The molecule has 4 rings (SSSR count). The molecule has 0 unspecified atom stereocenters. The summed E-state index contributed by atoms with van der Waals surface area (Å²) in [4.78, 5) is 26.4. The number of likely N-dealkylation sites (tertiary alicyclic amines) is 1. The number of hydrazone groups is 1. The second-order valence-corrected chi connectivity index (χ2v) is 7.32. The van der Waals surface area contributed by atoms with Gasteiger partial charge in [0.1, 0.15) is 11.4 Å². The zero-order valence-corrected chi connectivity index (χ0v) is 16.1. The molecule has 3 N–H and O–H groups in total. The number of aryl methyl sites for hydroxylation is 1. The second kappa shape index (κ2) is 7.65. The number of amides is 1. The zero-order chi connectivity index (χ0) is 19.7. The van der Waals surface area contributed by atoms with Crippen molar-refractivity contribution in [3.05, 3.63) is 52.4 Å². The van der Waals surface area contributed by atoms with Crippen LogP contribution >= 0.6 is 0 Å². The molecule has 4 heterocycles. The number of aliphatic hydroxyl groups is 1. The van der Waals surface area contributed by atoms with Crippen molar-refractivity contribution in [2.24, 2.45) is 5.10 Å². The summed E-state index contributed by atoms with van der Waals surface area (Å²) < 4.78 is 0. The molecule has 1 fully saturated rings. The lowest BCUT2D eigenvalue weighted by atomic mass is 10.0. The first-order valence-electron chi connectivity index (χ1n) is 9.48. The largest absolute Gasteiger partial charge is 0.393 e. The number of aromatic nitrogens is 3. The smallest absolute Gasteiger partial charge is 0.273 e. The Hall–Kier alpha value is -2.84. The zero-order valence-electron chi connectivity index (χ0n) is 16.1. The molecule has 1 amide bonds. The lowest BCUT2D eigenvalue weighted by Gasteiger charge is -2.29.